The minimum atomic E-state index is -0.781. The van der Waals surface area contributed by atoms with Gasteiger partial charge in [0.2, 0.25) is 0 Å². The van der Waals surface area contributed by atoms with Gasteiger partial charge in [0.05, 0.1) is 21.7 Å². The highest BCUT2D eigenvalue weighted by Crippen LogP contribution is 2.34. The summed E-state index contributed by atoms with van der Waals surface area (Å²) in [6.45, 7) is 6.26. The van der Waals surface area contributed by atoms with Crippen molar-refractivity contribution in [1.82, 2.24) is 0 Å². The molecular formula is C25H20N2O6. The van der Waals surface area contributed by atoms with Crippen molar-refractivity contribution in [2.75, 3.05) is 4.90 Å². The summed E-state index contributed by atoms with van der Waals surface area (Å²) in [6, 6.07) is 16.9. The molecule has 0 radical (unpaired) electrons. The molecule has 166 valence electrons. The molecule has 0 atom stereocenters. The highest BCUT2D eigenvalue weighted by molar-refractivity contribution is 6.35. The number of esters is 1. The molecule has 33 heavy (non-hydrogen) atoms. The lowest BCUT2D eigenvalue weighted by atomic mass is 9.87. The van der Waals surface area contributed by atoms with Crippen LogP contribution in [0.25, 0.3) is 0 Å². The average Bonchev–Trinajstić information content (AvgIpc) is 3.03. The van der Waals surface area contributed by atoms with Crippen LogP contribution in [0.2, 0.25) is 0 Å². The molecule has 8 heteroatoms. The summed E-state index contributed by atoms with van der Waals surface area (Å²) >= 11 is 0. The van der Waals surface area contributed by atoms with Gasteiger partial charge in [-0.1, -0.05) is 39.0 Å². The first-order chi connectivity index (χ1) is 15.6. The van der Waals surface area contributed by atoms with Crippen LogP contribution in [0.5, 0.6) is 5.75 Å². The lowest BCUT2D eigenvalue weighted by molar-refractivity contribution is -0.385. The highest BCUT2D eigenvalue weighted by Gasteiger charge is 2.41. The topological polar surface area (TPSA) is 107 Å². The molecule has 0 saturated heterocycles. The summed E-state index contributed by atoms with van der Waals surface area (Å²) in [6.07, 6.45) is 0. The van der Waals surface area contributed by atoms with Gasteiger partial charge in [0.1, 0.15) is 11.3 Å². The van der Waals surface area contributed by atoms with Crippen LogP contribution >= 0.6 is 0 Å². The molecule has 0 N–H and O–H groups in total. The molecule has 0 saturated carbocycles. The Kier molecular flexibility index (Phi) is 5.29. The number of anilines is 1. The van der Waals surface area contributed by atoms with Crippen molar-refractivity contribution in [2.45, 2.75) is 26.2 Å². The third kappa shape index (κ3) is 3.98. The number of carbonyl (C=O) groups excluding carboxylic acids is 3. The van der Waals surface area contributed by atoms with E-state index in [2.05, 4.69) is 20.8 Å². The van der Waals surface area contributed by atoms with E-state index >= 15 is 0 Å². The van der Waals surface area contributed by atoms with Gasteiger partial charge < -0.3 is 4.74 Å². The van der Waals surface area contributed by atoms with Crippen molar-refractivity contribution in [2.24, 2.45) is 0 Å². The minimum absolute atomic E-state index is 0.0249. The van der Waals surface area contributed by atoms with Crippen molar-refractivity contribution in [1.29, 1.82) is 0 Å². The first kappa shape index (κ1) is 21.9. The van der Waals surface area contributed by atoms with Crippen LogP contribution in [0.3, 0.4) is 0 Å². The van der Waals surface area contributed by atoms with E-state index in [1.807, 2.05) is 12.1 Å². The predicted octanol–water partition coefficient (Wildman–Crippen LogP) is 4.91. The summed E-state index contributed by atoms with van der Waals surface area (Å²) in [7, 11) is 0. The van der Waals surface area contributed by atoms with Crippen molar-refractivity contribution in [3.05, 3.63) is 99.1 Å². The van der Waals surface area contributed by atoms with E-state index in [4.69, 9.17) is 4.74 Å². The molecule has 2 amide bonds. The van der Waals surface area contributed by atoms with Crippen LogP contribution in [0.1, 0.15) is 57.4 Å². The SMILES string of the molecule is CC(C)(C)c1ccc(OC(=O)c2ccc(N3C(=O)c4cccc([N+](=O)[O-])c4C3=O)cc2)cc1. The van der Waals surface area contributed by atoms with Crippen molar-refractivity contribution in [3.63, 3.8) is 0 Å². The van der Waals surface area contributed by atoms with Crippen LogP contribution in [0.15, 0.2) is 66.7 Å². The summed E-state index contributed by atoms with van der Waals surface area (Å²) < 4.78 is 5.41. The Morgan fingerprint density at radius 2 is 1.55 bits per heavy atom. The zero-order valence-corrected chi connectivity index (χ0v) is 18.2. The fraction of sp³-hybridized carbons (Fsp3) is 0.160. The van der Waals surface area contributed by atoms with E-state index in [1.165, 1.54) is 42.5 Å². The van der Waals surface area contributed by atoms with Gasteiger partial charge in [-0.25, -0.2) is 9.69 Å². The number of fused-ring (bicyclic) bond motifs is 1. The fourth-order valence-electron chi connectivity index (χ4n) is 3.59. The average molecular weight is 444 g/mol. The molecule has 0 bridgehead atoms. The van der Waals surface area contributed by atoms with E-state index < -0.39 is 28.4 Å². The van der Waals surface area contributed by atoms with Gasteiger partial charge >= 0.3 is 5.97 Å². The molecule has 8 nitrogen and oxygen atoms in total. The Bertz CT molecular complexity index is 1290. The number of carbonyl (C=O) groups is 3. The summed E-state index contributed by atoms with van der Waals surface area (Å²) in [5.41, 5.74) is 0.802. The molecule has 3 aromatic carbocycles. The Morgan fingerprint density at radius 3 is 2.12 bits per heavy atom. The number of rotatable bonds is 4. The normalized spacial score (nSPS) is 13.1. The number of imide groups is 1. The lowest BCUT2D eigenvalue weighted by Crippen LogP contribution is -2.29. The molecule has 0 unspecified atom stereocenters. The van der Waals surface area contributed by atoms with Crippen LogP contribution in [-0.2, 0) is 5.41 Å². The molecule has 1 aliphatic heterocycles. The molecule has 0 fully saturated rings. The van der Waals surface area contributed by atoms with Crippen molar-refractivity contribution >= 4 is 29.2 Å². The van der Waals surface area contributed by atoms with Gasteiger partial charge in [0, 0.05) is 6.07 Å². The number of nitro groups is 1. The monoisotopic (exact) mass is 444 g/mol. The third-order valence-corrected chi connectivity index (χ3v) is 5.38. The number of amides is 2. The van der Waals surface area contributed by atoms with E-state index in [-0.39, 0.29) is 27.8 Å². The van der Waals surface area contributed by atoms with Gasteiger partial charge in [-0.15, -0.1) is 0 Å². The van der Waals surface area contributed by atoms with Crippen LogP contribution in [0, 0.1) is 10.1 Å². The van der Waals surface area contributed by atoms with E-state index in [0.717, 1.165) is 10.5 Å². The fourth-order valence-corrected chi connectivity index (χ4v) is 3.59. The van der Waals surface area contributed by atoms with Crippen LogP contribution < -0.4 is 9.64 Å². The molecule has 0 aromatic heterocycles. The first-order valence-electron chi connectivity index (χ1n) is 10.2. The Labute approximate surface area is 189 Å². The number of ether oxygens (including phenoxy) is 1. The second-order valence-electron chi connectivity index (χ2n) is 8.61. The molecule has 3 aromatic rings. The number of hydrogen-bond donors (Lipinski definition) is 0. The Morgan fingerprint density at radius 1 is 0.909 bits per heavy atom. The molecular weight excluding hydrogens is 424 g/mol. The first-order valence-corrected chi connectivity index (χ1v) is 10.2. The Balaban J connectivity index is 1.53. The second-order valence-corrected chi connectivity index (χ2v) is 8.61. The maximum Gasteiger partial charge on any atom is 0.343 e. The standard InChI is InChI=1S/C25H20N2O6/c1-25(2,3)16-9-13-18(14-10-16)33-24(30)15-7-11-17(12-8-15)26-22(28)19-5-4-6-20(27(31)32)21(19)23(26)29/h4-14H,1-3H3. The number of nitro benzene ring substituents is 1. The van der Waals surface area contributed by atoms with Gasteiger partial charge in [0.25, 0.3) is 17.5 Å². The van der Waals surface area contributed by atoms with Crippen molar-refractivity contribution in [3.8, 4) is 5.75 Å². The van der Waals surface area contributed by atoms with Gasteiger partial charge in [-0.3, -0.25) is 19.7 Å². The molecule has 0 spiro atoms. The smallest absolute Gasteiger partial charge is 0.343 e. The van der Waals surface area contributed by atoms with Crippen LogP contribution in [0.4, 0.5) is 11.4 Å². The zero-order valence-electron chi connectivity index (χ0n) is 18.2. The van der Waals surface area contributed by atoms with Gasteiger partial charge in [0.15, 0.2) is 0 Å². The van der Waals surface area contributed by atoms with E-state index in [0.29, 0.717) is 5.75 Å². The molecule has 1 heterocycles. The third-order valence-electron chi connectivity index (χ3n) is 5.38. The maximum absolute atomic E-state index is 12.8. The maximum atomic E-state index is 12.8. The Hall–Kier alpha value is -4.33. The number of benzene rings is 3. The van der Waals surface area contributed by atoms with Crippen molar-refractivity contribution < 1.29 is 24.0 Å². The lowest BCUT2D eigenvalue weighted by Gasteiger charge is -2.19. The zero-order chi connectivity index (χ0) is 23.9. The molecule has 0 aliphatic carbocycles. The summed E-state index contributed by atoms with van der Waals surface area (Å²) in [5.74, 6) is -1.64. The summed E-state index contributed by atoms with van der Waals surface area (Å²) in [4.78, 5) is 49.5. The number of nitrogens with zero attached hydrogens (tertiary/aromatic N) is 2. The van der Waals surface area contributed by atoms with Gasteiger partial charge in [-0.2, -0.15) is 0 Å². The highest BCUT2D eigenvalue weighted by atomic mass is 16.6. The minimum Gasteiger partial charge on any atom is -0.423 e. The largest absolute Gasteiger partial charge is 0.423 e. The molecule has 4 rings (SSSR count). The van der Waals surface area contributed by atoms with E-state index in [9.17, 15) is 24.5 Å². The predicted molar refractivity (Wildman–Crippen MR) is 121 cm³/mol. The number of hydrogen-bond acceptors (Lipinski definition) is 6. The van der Waals surface area contributed by atoms with E-state index in [1.54, 1.807) is 12.1 Å². The van der Waals surface area contributed by atoms with Gasteiger partial charge in [-0.05, 0) is 53.4 Å². The molecule has 1 aliphatic rings. The summed E-state index contributed by atoms with van der Waals surface area (Å²) in [5, 5.41) is 11.3. The van der Waals surface area contributed by atoms with Crippen LogP contribution in [-0.4, -0.2) is 22.7 Å². The second kappa shape index (κ2) is 7.98. The quantitative estimate of drug-likeness (QED) is 0.186.